The van der Waals surface area contributed by atoms with E-state index in [1.54, 1.807) is 6.07 Å². The highest BCUT2D eigenvalue weighted by atomic mass is 127. The van der Waals surface area contributed by atoms with E-state index in [9.17, 15) is 4.79 Å². The molecule has 0 saturated carbocycles. The molecule has 0 spiro atoms. The maximum Gasteiger partial charge on any atom is 0.339 e. The van der Waals surface area contributed by atoms with Crippen molar-refractivity contribution < 1.29 is 9.53 Å². The van der Waals surface area contributed by atoms with Crippen molar-refractivity contribution in [3.63, 3.8) is 0 Å². The van der Waals surface area contributed by atoms with Crippen LogP contribution in [0.15, 0.2) is 16.6 Å². The fourth-order valence-electron chi connectivity index (χ4n) is 0.984. The van der Waals surface area contributed by atoms with Crippen molar-refractivity contribution in [2.75, 3.05) is 7.11 Å². The van der Waals surface area contributed by atoms with E-state index in [1.807, 2.05) is 13.0 Å². The molecule has 2 nitrogen and oxygen atoms in total. The largest absolute Gasteiger partial charge is 0.465 e. The van der Waals surface area contributed by atoms with Crippen LogP contribution >= 0.6 is 38.5 Å². The molecule has 1 aromatic rings. The van der Waals surface area contributed by atoms with E-state index in [1.165, 1.54) is 7.11 Å². The van der Waals surface area contributed by atoms with Gasteiger partial charge in [0.2, 0.25) is 0 Å². The van der Waals surface area contributed by atoms with Crippen LogP contribution in [0.25, 0.3) is 0 Å². The summed E-state index contributed by atoms with van der Waals surface area (Å²) in [6.07, 6.45) is 0. The Morgan fingerprint density at radius 3 is 2.69 bits per heavy atom. The zero-order valence-corrected chi connectivity index (χ0v) is 11.0. The zero-order chi connectivity index (χ0) is 10.0. The van der Waals surface area contributed by atoms with Gasteiger partial charge in [0, 0.05) is 8.04 Å². The number of benzene rings is 1. The van der Waals surface area contributed by atoms with Gasteiger partial charge in [-0.05, 0) is 63.1 Å². The molecule has 4 heteroatoms. The molecule has 13 heavy (non-hydrogen) atoms. The lowest BCUT2D eigenvalue weighted by Crippen LogP contribution is -2.03. The third-order valence-corrected chi connectivity index (χ3v) is 3.30. The smallest absolute Gasteiger partial charge is 0.339 e. The summed E-state index contributed by atoms with van der Waals surface area (Å²) < 4.78 is 6.49. The summed E-state index contributed by atoms with van der Waals surface area (Å²) >= 11 is 5.52. The summed E-state index contributed by atoms with van der Waals surface area (Å²) in [5, 5.41) is 0. The van der Waals surface area contributed by atoms with Gasteiger partial charge in [-0.15, -0.1) is 0 Å². The summed E-state index contributed by atoms with van der Waals surface area (Å²) in [6.45, 7) is 1.94. The van der Waals surface area contributed by atoms with Crippen LogP contribution < -0.4 is 0 Å². The maximum atomic E-state index is 11.3. The Kier molecular flexibility index (Phi) is 3.73. The Hall–Kier alpha value is -0.100. The molecular weight excluding hydrogens is 347 g/mol. The molecule has 0 aliphatic heterocycles. The molecule has 0 heterocycles. The Labute approximate surface area is 98.9 Å². The van der Waals surface area contributed by atoms with Gasteiger partial charge in [0.1, 0.15) is 0 Å². The average molecular weight is 355 g/mol. The predicted octanol–water partition coefficient (Wildman–Crippen LogP) is 3.15. The normalized spacial score (nSPS) is 9.85. The van der Waals surface area contributed by atoms with E-state index in [0.717, 1.165) is 13.6 Å². The minimum Gasteiger partial charge on any atom is -0.465 e. The second kappa shape index (κ2) is 4.41. The number of aryl methyl sites for hydroxylation is 1. The molecule has 0 unspecified atom stereocenters. The minimum atomic E-state index is -0.312. The topological polar surface area (TPSA) is 26.3 Å². The van der Waals surface area contributed by atoms with Gasteiger partial charge in [0.15, 0.2) is 0 Å². The molecule has 0 radical (unpaired) electrons. The predicted molar refractivity (Wildman–Crippen MR) is 62.9 cm³/mol. The number of esters is 1. The molecule has 0 aliphatic rings. The number of carbonyl (C=O) groups excluding carboxylic acids is 1. The molecule has 0 bridgehead atoms. The van der Waals surface area contributed by atoms with Crippen molar-refractivity contribution in [2.24, 2.45) is 0 Å². The summed E-state index contributed by atoms with van der Waals surface area (Å²) in [5.41, 5.74) is 1.61. The first-order chi connectivity index (χ1) is 6.06. The van der Waals surface area contributed by atoms with Gasteiger partial charge < -0.3 is 4.74 Å². The van der Waals surface area contributed by atoms with Crippen molar-refractivity contribution in [3.05, 3.63) is 31.3 Å². The molecule has 0 saturated heterocycles. The van der Waals surface area contributed by atoms with Crippen molar-refractivity contribution in [3.8, 4) is 0 Å². The summed E-state index contributed by atoms with van der Waals surface area (Å²) in [4.78, 5) is 11.3. The van der Waals surface area contributed by atoms with Gasteiger partial charge in [0.25, 0.3) is 0 Å². The quantitative estimate of drug-likeness (QED) is 0.572. The molecule has 1 rings (SSSR count). The van der Waals surface area contributed by atoms with E-state index in [4.69, 9.17) is 0 Å². The number of rotatable bonds is 1. The third kappa shape index (κ3) is 2.43. The van der Waals surface area contributed by atoms with Crippen LogP contribution in [0.5, 0.6) is 0 Å². The Morgan fingerprint density at radius 2 is 2.15 bits per heavy atom. The number of hydrogen-bond acceptors (Lipinski definition) is 2. The molecular formula is C9H8BrIO2. The SMILES string of the molecule is COC(=O)c1cc(I)cc(C)c1Br. The molecule has 70 valence electrons. The monoisotopic (exact) mass is 354 g/mol. The lowest BCUT2D eigenvalue weighted by Gasteiger charge is -2.05. The first-order valence-corrected chi connectivity index (χ1v) is 5.47. The van der Waals surface area contributed by atoms with Crippen LogP contribution in [0.4, 0.5) is 0 Å². The lowest BCUT2D eigenvalue weighted by atomic mass is 10.1. The summed E-state index contributed by atoms with van der Waals surface area (Å²) in [7, 11) is 1.38. The van der Waals surface area contributed by atoms with Gasteiger partial charge in [-0.1, -0.05) is 0 Å². The van der Waals surface area contributed by atoms with Gasteiger partial charge in [-0.2, -0.15) is 0 Å². The number of carbonyl (C=O) groups is 1. The molecule has 0 fully saturated rings. The highest BCUT2D eigenvalue weighted by Gasteiger charge is 2.12. The fourth-order valence-corrected chi connectivity index (χ4v) is 2.15. The first-order valence-electron chi connectivity index (χ1n) is 3.60. The molecule has 1 aromatic carbocycles. The van der Waals surface area contributed by atoms with Gasteiger partial charge in [-0.3, -0.25) is 0 Å². The Morgan fingerprint density at radius 1 is 1.54 bits per heavy atom. The van der Waals surface area contributed by atoms with Crippen LogP contribution in [-0.2, 0) is 4.74 Å². The van der Waals surface area contributed by atoms with E-state index in [2.05, 4.69) is 43.3 Å². The minimum absolute atomic E-state index is 0.312. The van der Waals surface area contributed by atoms with Crippen molar-refractivity contribution in [1.29, 1.82) is 0 Å². The molecule has 0 aromatic heterocycles. The van der Waals surface area contributed by atoms with E-state index < -0.39 is 0 Å². The number of hydrogen-bond donors (Lipinski definition) is 0. The lowest BCUT2D eigenvalue weighted by molar-refractivity contribution is 0.0599. The fraction of sp³-hybridized carbons (Fsp3) is 0.222. The van der Waals surface area contributed by atoms with Crippen LogP contribution in [0, 0.1) is 10.5 Å². The number of halogens is 2. The van der Waals surface area contributed by atoms with Crippen molar-refractivity contribution >= 4 is 44.5 Å². The summed E-state index contributed by atoms with van der Waals surface area (Å²) in [6, 6.07) is 3.79. The van der Waals surface area contributed by atoms with Gasteiger partial charge in [0.05, 0.1) is 12.7 Å². The first kappa shape index (κ1) is 11.0. The summed E-state index contributed by atoms with van der Waals surface area (Å²) in [5.74, 6) is -0.312. The maximum absolute atomic E-state index is 11.3. The van der Waals surface area contributed by atoms with Crippen LogP contribution in [0.2, 0.25) is 0 Å². The van der Waals surface area contributed by atoms with Gasteiger partial charge >= 0.3 is 5.97 Å². The standard InChI is InChI=1S/C9H8BrIO2/c1-5-3-6(11)4-7(8(5)10)9(12)13-2/h3-4H,1-2H3. The van der Waals surface area contributed by atoms with Crippen molar-refractivity contribution in [1.82, 2.24) is 0 Å². The van der Waals surface area contributed by atoms with Gasteiger partial charge in [-0.25, -0.2) is 4.79 Å². The highest BCUT2D eigenvalue weighted by Crippen LogP contribution is 2.24. The van der Waals surface area contributed by atoms with Crippen molar-refractivity contribution in [2.45, 2.75) is 6.92 Å². The van der Waals surface area contributed by atoms with E-state index in [-0.39, 0.29) is 5.97 Å². The Balaban J connectivity index is 3.28. The Bertz CT molecular complexity index is 350. The molecule has 0 amide bonds. The molecule has 0 aliphatic carbocycles. The molecule has 0 atom stereocenters. The molecule has 0 N–H and O–H groups in total. The average Bonchev–Trinajstić information content (AvgIpc) is 2.10. The number of methoxy groups -OCH3 is 1. The third-order valence-electron chi connectivity index (χ3n) is 1.62. The van der Waals surface area contributed by atoms with Crippen LogP contribution in [0.1, 0.15) is 15.9 Å². The van der Waals surface area contributed by atoms with E-state index >= 15 is 0 Å². The zero-order valence-electron chi connectivity index (χ0n) is 7.23. The second-order valence-electron chi connectivity index (χ2n) is 2.58. The van der Waals surface area contributed by atoms with Crippen LogP contribution in [-0.4, -0.2) is 13.1 Å². The van der Waals surface area contributed by atoms with E-state index in [0.29, 0.717) is 5.56 Å². The second-order valence-corrected chi connectivity index (χ2v) is 4.61. The number of ether oxygens (including phenoxy) is 1. The van der Waals surface area contributed by atoms with Crippen LogP contribution in [0.3, 0.4) is 0 Å². The highest BCUT2D eigenvalue weighted by molar-refractivity contribution is 14.1.